The topological polar surface area (TPSA) is 106 Å². The summed E-state index contributed by atoms with van der Waals surface area (Å²) in [5.74, 6) is -2.08. The summed E-state index contributed by atoms with van der Waals surface area (Å²) in [4.78, 5) is 16.4. The lowest BCUT2D eigenvalue weighted by atomic mass is 10.1. The van der Waals surface area contributed by atoms with Gasteiger partial charge in [-0.1, -0.05) is 0 Å². The molecule has 1 saturated heterocycles. The van der Waals surface area contributed by atoms with E-state index in [1.807, 2.05) is 0 Å². The number of alkyl halides is 2. The van der Waals surface area contributed by atoms with Crippen LogP contribution in [-0.4, -0.2) is 59.9 Å². The van der Waals surface area contributed by atoms with Gasteiger partial charge in [0, 0.05) is 19.5 Å². The van der Waals surface area contributed by atoms with Crippen LogP contribution in [0.2, 0.25) is 0 Å². The molecule has 1 aliphatic heterocycles. The molecule has 0 saturated carbocycles. The molecule has 1 aliphatic rings. The Morgan fingerprint density at radius 2 is 1.91 bits per heavy atom. The molecule has 0 bridgehead atoms. The molecule has 1 fully saturated rings. The maximum atomic E-state index is 13.2. The molecule has 0 N–H and O–H groups in total. The number of imidazole rings is 1. The Balaban J connectivity index is 1.79. The molecule has 9 nitrogen and oxygen atoms in total. The number of carbonyl (C=O) groups excluding carboxylic acids is 1. The van der Waals surface area contributed by atoms with Crippen molar-refractivity contribution < 1.29 is 40.9 Å². The van der Waals surface area contributed by atoms with Gasteiger partial charge < -0.3 is 23.5 Å². The highest BCUT2D eigenvalue weighted by Gasteiger charge is 2.40. The largest absolute Gasteiger partial charge is 0.460 e. The van der Waals surface area contributed by atoms with Crippen LogP contribution in [0.4, 0.5) is 8.78 Å². The lowest BCUT2D eigenvalue weighted by molar-refractivity contribution is -0.295. The molecule has 2 heterocycles. The van der Waals surface area contributed by atoms with Crippen molar-refractivity contribution in [2.24, 2.45) is 7.05 Å². The molecule has 0 spiro atoms. The third-order valence-electron chi connectivity index (χ3n) is 4.96. The van der Waals surface area contributed by atoms with Crippen molar-refractivity contribution in [1.82, 2.24) is 9.55 Å². The van der Waals surface area contributed by atoms with Gasteiger partial charge in [0.15, 0.2) is 5.79 Å². The van der Waals surface area contributed by atoms with Crippen molar-refractivity contribution in [2.75, 3.05) is 5.75 Å². The van der Waals surface area contributed by atoms with Crippen LogP contribution >= 0.6 is 0 Å². The summed E-state index contributed by atoms with van der Waals surface area (Å²) < 4.78 is 74.2. The van der Waals surface area contributed by atoms with Crippen LogP contribution in [0.1, 0.15) is 47.5 Å². The minimum absolute atomic E-state index is 0.0419. The average molecular weight is 505 g/mol. The predicted octanol–water partition coefficient (Wildman–Crippen LogP) is 3.59. The van der Waals surface area contributed by atoms with Gasteiger partial charge in [0.05, 0.1) is 35.4 Å². The van der Waals surface area contributed by atoms with Crippen LogP contribution in [0.25, 0.3) is 11.0 Å². The molecule has 0 radical (unpaired) electrons. The normalized spacial score (nSPS) is 21.1. The maximum absolute atomic E-state index is 13.2. The van der Waals surface area contributed by atoms with E-state index in [9.17, 15) is 22.0 Å². The molecule has 1 aromatic carbocycles. The van der Waals surface area contributed by atoms with Gasteiger partial charge in [0.2, 0.25) is 15.0 Å². The van der Waals surface area contributed by atoms with Crippen molar-refractivity contribution >= 4 is 26.8 Å². The Morgan fingerprint density at radius 1 is 1.26 bits per heavy atom. The number of aryl methyl sites for hydroxylation is 1. The fraction of sp³-hybridized carbons (Fsp3) is 0.636. The molecular weight excluding hydrogens is 474 g/mol. The number of carbonyl (C=O) groups is 1. The number of esters is 1. The summed E-state index contributed by atoms with van der Waals surface area (Å²) in [5.41, 5.74) is -0.00697. The van der Waals surface area contributed by atoms with Gasteiger partial charge in [0.1, 0.15) is 11.4 Å². The molecule has 2 aromatic rings. The quantitative estimate of drug-likeness (QED) is 0.527. The maximum Gasteiger partial charge on any atom is 0.387 e. The first-order chi connectivity index (χ1) is 15.5. The Bertz CT molecular complexity index is 1160. The molecule has 3 rings (SSSR count). The zero-order chi connectivity index (χ0) is 25.5. The van der Waals surface area contributed by atoms with Gasteiger partial charge >= 0.3 is 12.6 Å². The van der Waals surface area contributed by atoms with Crippen molar-refractivity contribution in [3.63, 3.8) is 0 Å². The third kappa shape index (κ3) is 6.63. The highest BCUT2D eigenvalue weighted by atomic mass is 32.2. The summed E-state index contributed by atoms with van der Waals surface area (Å²) in [5, 5.41) is -0.228. The number of ether oxygens (including phenoxy) is 4. The molecule has 190 valence electrons. The van der Waals surface area contributed by atoms with Crippen LogP contribution < -0.4 is 4.74 Å². The SMILES string of the molecule is Cn1c(S(=O)(=O)C[C@@H]2C[C@H](CC(=O)OC(C)(C)C)OC(C)(C)O2)nc2cc(OC(F)F)ccc21. The van der Waals surface area contributed by atoms with Gasteiger partial charge in [-0.15, -0.1) is 0 Å². The summed E-state index contributed by atoms with van der Waals surface area (Å²) in [7, 11) is -2.43. The minimum atomic E-state index is -3.95. The first-order valence-corrected chi connectivity index (χ1v) is 12.4. The monoisotopic (exact) mass is 504 g/mol. The second kappa shape index (κ2) is 9.38. The summed E-state index contributed by atoms with van der Waals surface area (Å²) in [6, 6.07) is 4.04. The fourth-order valence-electron chi connectivity index (χ4n) is 3.95. The summed E-state index contributed by atoms with van der Waals surface area (Å²) >= 11 is 0. The smallest absolute Gasteiger partial charge is 0.387 e. The number of hydrogen-bond acceptors (Lipinski definition) is 8. The molecule has 1 aromatic heterocycles. The zero-order valence-electron chi connectivity index (χ0n) is 20.0. The minimum Gasteiger partial charge on any atom is -0.460 e. The summed E-state index contributed by atoms with van der Waals surface area (Å²) in [6.45, 7) is 5.56. The van der Waals surface area contributed by atoms with Gasteiger partial charge in [-0.2, -0.15) is 8.78 Å². The molecule has 2 atom stereocenters. The highest BCUT2D eigenvalue weighted by molar-refractivity contribution is 7.91. The fourth-order valence-corrected chi connectivity index (χ4v) is 5.54. The summed E-state index contributed by atoms with van der Waals surface area (Å²) in [6.07, 6.45) is -1.23. The number of hydrogen-bond donors (Lipinski definition) is 0. The lowest BCUT2D eigenvalue weighted by Crippen LogP contribution is -2.47. The van der Waals surface area contributed by atoms with E-state index in [1.54, 1.807) is 34.6 Å². The third-order valence-corrected chi connectivity index (χ3v) is 6.69. The first-order valence-electron chi connectivity index (χ1n) is 10.8. The molecule has 0 amide bonds. The Hall–Kier alpha value is -2.31. The number of halogens is 2. The van der Waals surface area contributed by atoms with Crippen molar-refractivity contribution in [3.8, 4) is 5.75 Å². The molecule has 12 heteroatoms. The Labute approximate surface area is 197 Å². The number of aromatic nitrogens is 2. The lowest BCUT2D eigenvalue weighted by Gasteiger charge is -2.40. The first kappa shape index (κ1) is 26.3. The Morgan fingerprint density at radius 3 is 2.53 bits per heavy atom. The van der Waals surface area contributed by atoms with E-state index in [4.69, 9.17) is 14.2 Å². The van der Waals surface area contributed by atoms with Crippen LogP contribution in [-0.2, 0) is 35.9 Å². The molecule has 0 unspecified atom stereocenters. The van der Waals surface area contributed by atoms with Crippen molar-refractivity contribution in [2.45, 2.75) is 82.8 Å². The van der Waals surface area contributed by atoms with Gasteiger partial charge in [-0.25, -0.2) is 13.4 Å². The van der Waals surface area contributed by atoms with E-state index >= 15 is 0 Å². The molecule has 0 aliphatic carbocycles. The number of rotatable bonds is 7. The second-order valence-electron chi connectivity index (χ2n) is 9.67. The molecular formula is C22H30F2N2O7S. The van der Waals surface area contributed by atoms with Gasteiger partial charge in [-0.05, 0) is 46.8 Å². The van der Waals surface area contributed by atoms with Crippen LogP contribution in [0, 0.1) is 0 Å². The average Bonchev–Trinajstić information content (AvgIpc) is 2.94. The van der Waals surface area contributed by atoms with Crippen molar-refractivity contribution in [1.29, 1.82) is 0 Å². The van der Waals surface area contributed by atoms with E-state index in [1.165, 1.54) is 29.8 Å². The number of sulfone groups is 1. The van der Waals surface area contributed by atoms with Gasteiger partial charge in [-0.3, -0.25) is 4.79 Å². The molecule has 34 heavy (non-hydrogen) atoms. The number of fused-ring (bicyclic) bond motifs is 1. The standard InChI is InChI=1S/C22H30F2N2O7S/c1-21(2,3)33-18(27)11-14-9-15(32-22(4,5)31-14)12-34(28,29)20-25-16-10-13(30-19(23)24)7-8-17(16)26(20)6/h7-8,10,14-15,19H,9,11-12H2,1-6H3/t14-,15+/m1/s1. The van der Waals surface area contributed by atoms with Crippen LogP contribution in [0.15, 0.2) is 23.4 Å². The van der Waals surface area contributed by atoms with E-state index in [0.29, 0.717) is 5.52 Å². The van der Waals surface area contributed by atoms with E-state index in [0.717, 1.165) is 0 Å². The zero-order valence-corrected chi connectivity index (χ0v) is 20.8. The van der Waals surface area contributed by atoms with E-state index < -0.39 is 51.8 Å². The number of benzene rings is 1. The predicted molar refractivity (Wildman–Crippen MR) is 118 cm³/mol. The van der Waals surface area contributed by atoms with Crippen LogP contribution in [0.3, 0.4) is 0 Å². The highest BCUT2D eigenvalue weighted by Crippen LogP contribution is 2.31. The Kier molecular flexibility index (Phi) is 7.26. The van der Waals surface area contributed by atoms with Crippen molar-refractivity contribution in [3.05, 3.63) is 18.2 Å². The van der Waals surface area contributed by atoms with E-state index in [2.05, 4.69) is 9.72 Å². The van der Waals surface area contributed by atoms with E-state index in [-0.39, 0.29) is 29.3 Å². The van der Waals surface area contributed by atoms with Gasteiger partial charge in [0.25, 0.3) is 0 Å². The van der Waals surface area contributed by atoms with Crippen LogP contribution in [0.5, 0.6) is 5.75 Å². The second-order valence-corrected chi connectivity index (χ2v) is 11.6. The number of nitrogens with zero attached hydrogens (tertiary/aromatic N) is 2.